The highest BCUT2D eigenvalue weighted by Gasteiger charge is 2.32. The van der Waals surface area contributed by atoms with Crippen LogP contribution in [0, 0.1) is 19.8 Å². The molecule has 3 rings (SSSR count). The molecule has 1 fully saturated rings. The molecule has 0 spiro atoms. The van der Waals surface area contributed by atoms with E-state index in [0.717, 1.165) is 37.3 Å². The number of urea groups is 1. The summed E-state index contributed by atoms with van der Waals surface area (Å²) in [5, 5.41) is 14.6. The van der Waals surface area contributed by atoms with Crippen LogP contribution in [0.15, 0.2) is 18.5 Å². The highest BCUT2D eigenvalue weighted by atomic mass is 16.2. The lowest BCUT2D eigenvalue weighted by atomic mass is 10.0. The van der Waals surface area contributed by atoms with Gasteiger partial charge in [0.05, 0.1) is 11.7 Å². The van der Waals surface area contributed by atoms with Crippen LogP contribution in [-0.4, -0.2) is 44.0 Å². The van der Waals surface area contributed by atoms with Crippen LogP contribution >= 0.6 is 0 Å². The fourth-order valence-electron chi connectivity index (χ4n) is 3.52. The lowest BCUT2D eigenvalue weighted by Gasteiger charge is -2.26. The molecule has 0 bridgehead atoms. The fourth-order valence-corrected chi connectivity index (χ4v) is 3.52. The Morgan fingerprint density at radius 2 is 2.33 bits per heavy atom. The predicted molar refractivity (Wildman–Crippen MR) is 91.5 cm³/mol. The summed E-state index contributed by atoms with van der Waals surface area (Å²) in [5.74, 6) is 0.326. The molecule has 0 aromatic carbocycles. The van der Waals surface area contributed by atoms with E-state index in [1.807, 2.05) is 35.7 Å². The molecule has 2 amide bonds. The smallest absolute Gasteiger partial charge is 0.317 e. The fraction of sp³-hybridized carbons (Fsp3) is 0.588. The first-order chi connectivity index (χ1) is 11.6. The Morgan fingerprint density at radius 1 is 1.50 bits per heavy atom. The summed E-state index contributed by atoms with van der Waals surface area (Å²) in [7, 11) is 0. The molecule has 7 heteroatoms. The molecule has 2 N–H and O–H groups in total. The summed E-state index contributed by atoms with van der Waals surface area (Å²) in [5.41, 5.74) is 3.22. The Bertz CT molecular complexity index is 658. The quantitative estimate of drug-likeness (QED) is 0.883. The number of aromatic nitrogens is 4. The largest absolute Gasteiger partial charge is 0.338 e. The molecule has 2 aromatic heterocycles. The van der Waals surface area contributed by atoms with Crippen molar-refractivity contribution in [3.05, 3.63) is 35.4 Å². The van der Waals surface area contributed by atoms with Crippen LogP contribution in [0.25, 0.3) is 0 Å². The molecule has 24 heavy (non-hydrogen) atoms. The van der Waals surface area contributed by atoms with Crippen molar-refractivity contribution < 1.29 is 4.79 Å². The van der Waals surface area contributed by atoms with E-state index in [1.54, 1.807) is 6.20 Å². The molecule has 1 saturated heterocycles. The van der Waals surface area contributed by atoms with Gasteiger partial charge in [-0.15, -0.1) is 0 Å². The van der Waals surface area contributed by atoms with Crippen molar-refractivity contribution in [1.82, 2.24) is 30.2 Å². The van der Waals surface area contributed by atoms with Gasteiger partial charge in [-0.25, -0.2) is 4.79 Å². The van der Waals surface area contributed by atoms with Gasteiger partial charge in [0.2, 0.25) is 0 Å². The third-order valence-electron chi connectivity index (χ3n) is 4.69. The molecular formula is C17H26N6O. The number of carbonyl (C=O) groups excluding carboxylic acids is 1. The maximum absolute atomic E-state index is 12.6. The zero-order valence-electron chi connectivity index (χ0n) is 14.6. The molecule has 0 aliphatic carbocycles. The number of nitrogens with zero attached hydrogens (tertiary/aromatic N) is 4. The number of aryl methyl sites for hydroxylation is 2. The van der Waals surface area contributed by atoms with Crippen LogP contribution in [-0.2, 0) is 6.54 Å². The maximum Gasteiger partial charge on any atom is 0.317 e. The summed E-state index contributed by atoms with van der Waals surface area (Å²) in [4.78, 5) is 14.6. The standard InChI is InChI=1S/C17H26N6O/c1-12(11-22-8-5-7-19-22)10-18-17(24)23-9-4-6-15(23)16-13(2)20-21-14(16)3/h5,7-8,12,15H,4,6,9-11H2,1-3H3,(H,18,24)(H,20,21)/t12-,15-/m1/s1. The Balaban J connectivity index is 1.58. The summed E-state index contributed by atoms with van der Waals surface area (Å²) in [6.07, 6.45) is 5.75. The zero-order valence-corrected chi connectivity index (χ0v) is 14.6. The molecule has 0 saturated carbocycles. The van der Waals surface area contributed by atoms with E-state index >= 15 is 0 Å². The van der Waals surface area contributed by atoms with Gasteiger partial charge < -0.3 is 10.2 Å². The van der Waals surface area contributed by atoms with E-state index in [0.29, 0.717) is 12.5 Å². The predicted octanol–water partition coefficient (Wildman–Crippen LogP) is 2.41. The minimum Gasteiger partial charge on any atom is -0.338 e. The third kappa shape index (κ3) is 3.44. The van der Waals surface area contributed by atoms with Gasteiger partial charge in [-0.2, -0.15) is 10.2 Å². The molecule has 0 radical (unpaired) electrons. The van der Waals surface area contributed by atoms with E-state index in [9.17, 15) is 4.79 Å². The van der Waals surface area contributed by atoms with E-state index in [-0.39, 0.29) is 12.1 Å². The van der Waals surface area contributed by atoms with E-state index in [4.69, 9.17) is 0 Å². The van der Waals surface area contributed by atoms with Crippen LogP contribution in [0.5, 0.6) is 0 Å². The summed E-state index contributed by atoms with van der Waals surface area (Å²) >= 11 is 0. The molecule has 1 aliphatic heterocycles. The lowest BCUT2D eigenvalue weighted by Crippen LogP contribution is -2.41. The second kappa shape index (κ2) is 7.07. The van der Waals surface area contributed by atoms with Crippen molar-refractivity contribution in [3.8, 4) is 0 Å². The highest BCUT2D eigenvalue weighted by molar-refractivity contribution is 5.75. The number of aromatic amines is 1. The number of likely N-dealkylation sites (tertiary alicyclic amines) is 1. The SMILES string of the molecule is Cc1n[nH]c(C)c1[C@H]1CCCN1C(=O)NC[C@@H](C)Cn1cccn1. The maximum atomic E-state index is 12.6. The number of hydrogen-bond acceptors (Lipinski definition) is 3. The van der Waals surface area contributed by atoms with E-state index in [2.05, 4.69) is 27.5 Å². The first-order valence-electron chi connectivity index (χ1n) is 8.59. The summed E-state index contributed by atoms with van der Waals surface area (Å²) in [6.45, 7) is 8.39. The van der Waals surface area contributed by atoms with Crippen molar-refractivity contribution in [1.29, 1.82) is 0 Å². The third-order valence-corrected chi connectivity index (χ3v) is 4.69. The minimum atomic E-state index is 0.0183. The first kappa shape index (κ1) is 16.5. The monoisotopic (exact) mass is 330 g/mol. The van der Waals surface area contributed by atoms with Gasteiger partial charge in [-0.05, 0) is 38.7 Å². The van der Waals surface area contributed by atoms with Gasteiger partial charge in [-0.3, -0.25) is 9.78 Å². The number of rotatable bonds is 5. The van der Waals surface area contributed by atoms with Gasteiger partial charge in [0.25, 0.3) is 0 Å². The zero-order chi connectivity index (χ0) is 17.1. The van der Waals surface area contributed by atoms with Crippen molar-refractivity contribution in [2.75, 3.05) is 13.1 Å². The minimum absolute atomic E-state index is 0.0183. The molecule has 7 nitrogen and oxygen atoms in total. The number of carbonyl (C=O) groups is 1. The van der Waals surface area contributed by atoms with Gasteiger partial charge in [0.15, 0.2) is 0 Å². The number of nitrogens with one attached hydrogen (secondary N) is 2. The molecular weight excluding hydrogens is 304 g/mol. The topological polar surface area (TPSA) is 78.8 Å². The van der Waals surface area contributed by atoms with E-state index < -0.39 is 0 Å². The van der Waals surface area contributed by atoms with Crippen molar-refractivity contribution >= 4 is 6.03 Å². The van der Waals surface area contributed by atoms with Crippen LogP contribution in [0.1, 0.15) is 42.8 Å². The van der Waals surface area contributed by atoms with Gasteiger partial charge >= 0.3 is 6.03 Å². The summed E-state index contributed by atoms with van der Waals surface area (Å²) < 4.78 is 1.90. The van der Waals surface area contributed by atoms with Crippen LogP contribution in [0.4, 0.5) is 4.79 Å². The average molecular weight is 330 g/mol. The Labute approximate surface area is 142 Å². The second-order valence-corrected chi connectivity index (χ2v) is 6.72. The number of hydrogen-bond donors (Lipinski definition) is 2. The molecule has 1 aliphatic rings. The Hall–Kier alpha value is -2.31. The molecule has 2 atom stereocenters. The first-order valence-corrected chi connectivity index (χ1v) is 8.59. The van der Waals surface area contributed by atoms with Crippen LogP contribution in [0.3, 0.4) is 0 Å². The van der Waals surface area contributed by atoms with Crippen LogP contribution < -0.4 is 5.32 Å². The molecule has 0 unspecified atom stereocenters. The van der Waals surface area contributed by atoms with Gasteiger partial charge in [-0.1, -0.05) is 6.92 Å². The Kier molecular flexibility index (Phi) is 4.87. The normalized spacial score (nSPS) is 18.8. The van der Waals surface area contributed by atoms with Crippen LogP contribution in [0.2, 0.25) is 0 Å². The van der Waals surface area contributed by atoms with Crippen molar-refractivity contribution in [3.63, 3.8) is 0 Å². The molecule has 130 valence electrons. The van der Waals surface area contributed by atoms with Crippen molar-refractivity contribution in [2.24, 2.45) is 5.92 Å². The van der Waals surface area contributed by atoms with E-state index in [1.165, 1.54) is 5.56 Å². The Morgan fingerprint density at radius 3 is 3.00 bits per heavy atom. The molecule has 3 heterocycles. The van der Waals surface area contributed by atoms with Gasteiger partial charge in [0, 0.05) is 43.3 Å². The summed E-state index contributed by atoms with van der Waals surface area (Å²) in [6, 6.07) is 2.06. The number of amides is 2. The van der Waals surface area contributed by atoms with Crippen molar-refractivity contribution in [2.45, 2.75) is 46.2 Å². The lowest BCUT2D eigenvalue weighted by molar-refractivity contribution is 0.190. The average Bonchev–Trinajstić information content (AvgIpc) is 3.27. The molecule has 2 aromatic rings. The van der Waals surface area contributed by atoms with Gasteiger partial charge in [0.1, 0.15) is 0 Å². The number of H-pyrrole nitrogens is 1. The second-order valence-electron chi connectivity index (χ2n) is 6.72. The highest BCUT2D eigenvalue weighted by Crippen LogP contribution is 2.34.